The van der Waals surface area contributed by atoms with E-state index in [0.29, 0.717) is 22.8 Å². The molecule has 1 aliphatic rings. The fraction of sp³-hybridized carbons (Fsp3) is 0.179. The third-order valence-electron chi connectivity index (χ3n) is 5.72. The van der Waals surface area contributed by atoms with E-state index in [1.807, 2.05) is 72.8 Å². The maximum absolute atomic E-state index is 13.5. The number of nitrogens with zero attached hydrogens (tertiary/aromatic N) is 2. The van der Waals surface area contributed by atoms with Gasteiger partial charge in [0.05, 0.1) is 12.4 Å². The molecule has 1 fully saturated rings. The van der Waals surface area contributed by atoms with Crippen LogP contribution in [-0.2, 0) is 22.4 Å². The Kier molecular flexibility index (Phi) is 7.54. The Bertz CT molecular complexity index is 1280. The highest BCUT2D eigenvalue weighted by Crippen LogP contribution is 2.42. The normalized spacial score (nSPS) is 16.5. The first-order valence-corrected chi connectivity index (χ1v) is 12.1. The van der Waals surface area contributed by atoms with E-state index in [1.54, 1.807) is 19.2 Å². The van der Waals surface area contributed by atoms with Crippen molar-refractivity contribution in [3.63, 3.8) is 0 Å². The van der Waals surface area contributed by atoms with Gasteiger partial charge in [-0.1, -0.05) is 61.2 Å². The Morgan fingerprint density at radius 2 is 1.69 bits per heavy atom. The molecule has 35 heavy (non-hydrogen) atoms. The number of hydrogen-bond acceptors (Lipinski definition) is 5. The van der Waals surface area contributed by atoms with Crippen molar-refractivity contribution in [1.82, 2.24) is 0 Å². The number of hydrogen-bond donors (Lipinski definition) is 1. The summed E-state index contributed by atoms with van der Waals surface area (Å²) in [7, 11) is 1.60. The molecule has 0 spiro atoms. The Labute approximate surface area is 209 Å². The molecule has 4 rings (SSSR count). The van der Waals surface area contributed by atoms with Gasteiger partial charge in [-0.15, -0.1) is 0 Å². The number of methoxy groups -OCH3 is 1. The second-order valence-corrected chi connectivity index (χ2v) is 9.16. The van der Waals surface area contributed by atoms with Crippen molar-refractivity contribution in [2.24, 2.45) is 0 Å². The number of nitrogens with one attached hydrogen (secondary N) is 1. The molecule has 176 valence electrons. The summed E-state index contributed by atoms with van der Waals surface area (Å²) in [5.74, 6) is 0.0269. The minimum Gasteiger partial charge on any atom is -0.497 e. The molecule has 1 atom stereocenters. The molecular formula is C28H25N3O3S. The van der Waals surface area contributed by atoms with Gasteiger partial charge in [0.2, 0.25) is 5.91 Å². The number of rotatable bonds is 7. The lowest BCUT2D eigenvalue weighted by molar-refractivity contribution is -0.117. The Morgan fingerprint density at radius 1 is 1.03 bits per heavy atom. The van der Waals surface area contributed by atoms with Crippen molar-refractivity contribution < 1.29 is 14.3 Å². The molecule has 1 aliphatic heterocycles. The summed E-state index contributed by atoms with van der Waals surface area (Å²) in [5.41, 5.74) is 3.23. The maximum Gasteiger partial charge on any atom is 0.269 e. The van der Waals surface area contributed by atoms with Gasteiger partial charge in [0.25, 0.3) is 5.91 Å². The minimum atomic E-state index is -0.543. The summed E-state index contributed by atoms with van der Waals surface area (Å²) in [5, 5.41) is 12.6. The largest absolute Gasteiger partial charge is 0.497 e. The quantitative estimate of drug-likeness (QED) is 0.363. The lowest BCUT2D eigenvalue weighted by atomic mass is 10.1. The summed E-state index contributed by atoms with van der Waals surface area (Å²) in [6.45, 7) is 2.06. The number of anilines is 2. The number of thioether (sulfide) groups is 1. The van der Waals surface area contributed by atoms with Crippen LogP contribution in [0.1, 0.15) is 18.1 Å². The van der Waals surface area contributed by atoms with Crippen molar-refractivity contribution in [2.75, 3.05) is 17.3 Å². The molecule has 2 amide bonds. The van der Waals surface area contributed by atoms with E-state index < -0.39 is 11.2 Å². The second-order valence-electron chi connectivity index (χ2n) is 7.96. The predicted molar refractivity (Wildman–Crippen MR) is 139 cm³/mol. The highest BCUT2D eigenvalue weighted by atomic mass is 32.2. The van der Waals surface area contributed by atoms with E-state index in [2.05, 4.69) is 12.2 Å². The number of benzene rings is 3. The SMILES string of the molecule is CCc1ccc(NC(=O)/C(C#N)=C2\S[C@H](Cc3ccc(OC)cc3)C(=O)N2c2ccccc2)cc1. The van der Waals surface area contributed by atoms with Gasteiger partial charge in [0, 0.05) is 11.4 Å². The van der Waals surface area contributed by atoms with E-state index in [-0.39, 0.29) is 11.5 Å². The highest BCUT2D eigenvalue weighted by molar-refractivity contribution is 8.05. The van der Waals surface area contributed by atoms with Gasteiger partial charge in [-0.3, -0.25) is 14.5 Å². The summed E-state index contributed by atoms with van der Waals surface area (Å²) in [6, 6.07) is 26.2. The zero-order valence-corrected chi connectivity index (χ0v) is 20.3. The summed E-state index contributed by atoms with van der Waals surface area (Å²) in [6.07, 6.45) is 1.35. The molecule has 7 heteroatoms. The number of nitriles is 1. The Balaban J connectivity index is 1.66. The van der Waals surface area contributed by atoms with Crippen LogP contribution < -0.4 is 15.0 Å². The molecule has 0 unspecified atom stereocenters. The summed E-state index contributed by atoms with van der Waals surface area (Å²) in [4.78, 5) is 28.2. The predicted octanol–water partition coefficient (Wildman–Crippen LogP) is 5.32. The van der Waals surface area contributed by atoms with E-state index in [1.165, 1.54) is 16.7 Å². The Hall–Kier alpha value is -4.02. The van der Waals surface area contributed by atoms with Gasteiger partial charge in [-0.05, 0) is 60.4 Å². The summed E-state index contributed by atoms with van der Waals surface area (Å²) >= 11 is 1.25. The topological polar surface area (TPSA) is 82.4 Å². The fourth-order valence-corrected chi connectivity index (χ4v) is 5.10. The smallest absolute Gasteiger partial charge is 0.269 e. The van der Waals surface area contributed by atoms with Crippen LogP contribution >= 0.6 is 11.8 Å². The third-order valence-corrected chi connectivity index (χ3v) is 6.98. The first-order chi connectivity index (χ1) is 17.0. The number of ether oxygens (including phenoxy) is 1. The molecule has 3 aromatic rings. The van der Waals surface area contributed by atoms with Crippen LogP contribution in [-0.4, -0.2) is 24.2 Å². The average Bonchev–Trinajstić information content (AvgIpc) is 3.21. The molecule has 1 saturated heterocycles. The van der Waals surface area contributed by atoms with Crippen LogP contribution in [0.3, 0.4) is 0 Å². The first kappa shape index (κ1) is 24.1. The van der Waals surface area contributed by atoms with Crippen LogP contribution in [0.15, 0.2) is 89.5 Å². The van der Waals surface area contributed by atoms with Crippen molar-refractivity contribution in [3.8, 4) is 11.8 Å². The number of amides is 2. The van der Waals surface area contributed by atoms with Crippen molar-refractivity contribution in [3.05, 3.63) is 101 Å². The van der Waals surface area contributed by atoms with Gasteiger partial charge in [0.15, 0.2) is 0 Å². The summed E-state index contributed by atoms with van der Waals surface area (Å²) < 4.78 is 5.22. The standard InChI is InChI=1S/C28H25N3O3S/c1-3-19-9-13-21(14-10-19)30-26(32)24(18-29)28-31(22-7-5-4-6-8-22)27(33)25(35-28)17-20-11-15-23(34-2)16-12-20/h4-16,25H,3,17H2,1-2H3,(H,30,32)/b28-24-/t25-/m1/s1. The van der Waals surface area contributed by atoms with Crippen molar-refractivity contribution in [1.29, 1.82) is 5.26 Å². The number of para-hydroxylation sites is 1. The number of aryl methyl sites for hydroxylation is 1. The molecule has 0 saturated carbocycles. The lowest BCUT2D eigenvalue weighted by Crippen LogP contribution is -2.30. The van der Waals surface area contributed by atoms with Crippen LogP contribution in [0.2, 0.25) is 0 Å². The highest BCUT2D eigenvalue weighted by Gasteiger charge is 2.40. The average molecular weight is 484 g/mol. The minimum absolute atomic E-state index is 0.0935. The third kappa shape index (κ3) is 5.39. The molecule has 0 radical (unpaired) electrons. The van der Waals surface area contributed by atoms with Crippen molar-refractivity contribution in [2.45, 2.75) is 25.0 Å². The van der Waals surface area contributed by atoms with E-state index in [9.17, 15) is 14.9 Å². The number of carbonyl (C=O) groups is 2. The van der Waals surface area contributed by atoms with Gasteiger partial charge < -0.3 is 10.1 Å². The molecule has 6 nitrogen and oxygen atoms in total. The van der Waals surface area contributed by atoms with Gasteiger partial charge in [-0.25, -0.2) is 0 Å². The number of carbonyl (C=O) groups excluding carboxylic acids is 2. The van der Waals surface area contributed by atoms with Crippen molar-refractivity contribution >= 4 is 35.0 Å². The molecule has 1 N–H and O–H groups in total. The zero-order chi connectivity index (χ0) is 24.8. The molecule has 1 heterocycles. The first-order valence-electron chi connectivity index (χ1n) is 11.3. The maximum atomic E-state index is 13.5. The van der Waals surface area contributed by atoms with Gasteiger partial charge in [-0.2, -0.15) is 5.26 Å². The lowest BCUT2D eigenvalue weighted by Gasteiger charge is -2.18. The van der Waals surface area contributed by atoms with Crippen LogP contribution in [0.25, 0.3) is 0 Å². The van der Waals surface area contributed by atoms with Crippen LogP contribution in [0.5, 0.6) is 5.75 Å². The van der Waals surface area contributed by atoms with E-state index >= 15 is 0 Å². The van der Waals surface area contributed by atoms with Crippen LogP contribution in [0.4, 0.5) is 11.4 Å². The molecule has 0 aromatic heterocycles. The van der Waals surface area contributed by atoms with E-state index in [0.717, 1.165) is 23.3 Å². The molecule has 0 aliphatic carbocycles. The monoisotopic (exact) mass is 483 g/mol. The van der Waals surface area contributed by atoms with Gasteiger partial charge >= 0.3 is 0 Å². The zero-order valence-electron chi connectivity index (χ0n) is 19.5. The molecule has 3 aromatic carbocycles. The second kappa shape index (κ2) is 10.9. The fourth-order valence-electron chi connectivity index (χ4n) is 3.79. The molecular weight excluding hydrogens is 458 g/mol. The van der Waals surface area contributed by atoms with Crippen LogP contribution in [0, 0.1) is 11.3 Å². The van der Waals surface area contributed by atoms with Gasteiger partial charge in [0.1, 0.15) is 22.4 Å². The molecule has 0 bridgehead atoms. The van der Waals surface area contributed by atoms with E-state index in [4.69, 9.17) is 4.74 Å². The Morgan fingerprint density at radius 3 is 2.29 bits per heavy atom.